The second-order valence-corrected chi connectivity index (χ2v) is 8.15. The van der Waals surface area contributed by atoms with E-state index in [2.05, 4.69) is 27.7 Å². The molecule has 1 fully saturated rings. The Morgan fingerprint density at radius 3 is 3.00 bits per heavy atom. The first kappa shape index (κ1) is 17.4. The van der Waals surface area contributed by atoms with Gasteiger partial charge in [-0.3, -0.25) is 15.0 Å². The number of aromatic nitrogens is 1. The van der Waals surface area contributed by atoms with Crippen molar-refractivity contribution in [1.29, 1.82) is 0 Å². The monoisotopic (exact) mass is 391 g/mol. The van der Waals surface area contributed by atoms with Crippen molar-refractivity contribution in [3.05, 3.63) is 76.3 Å². The molecule has 1 aromatic heterocycles. The second kappa shape index (κ2) is 7.37. The van der Waals surface area contributed by atoms with Crippen molar-refractivity contribution in [2.24, 2.45) is 0 Å². The van der Waals surface area contributed by atoms with Crippen LogP contribution in [-0.2, 0) is 13.2 Å². The van der Waals surface area contributed by atoms with Gasteiger partial charge in [-0.05, 0) is 54.8 Å². The molecule has 2 aromatic carbocycles. The number of carbonyl (C=O) groups is 1. The van der Waals surface area contributed by atoms with Crippen LogP contribution in [0.1, 0.15) is 46.1 Å². The number of hydrogen-bond donors (Lipinski definition) is 1. The van der Waals surface area contributed by atoms with Crippen LogP contribution < -0.4 is 10.1 Å². The number of benzene rings is 2. The number of fused-ring (bicyclic) bond motifs is 8. The smallest absolute Gasteiger partial charge is 0.257 e. The van der Waals surface area contributed by atoms with Crippen molar-refractivity contribution in [1.82, 2.24) is 9.88 Å². The normalized spacial score (nSPS) is 19.6. The SMILES string of the molecule is O=C1Nc2nc(cs2)[C@@H]2CCCN2Cc2cccc(c2)OCc2cccc1c2. The summed E-state index contributed by atoms with van der Waals surface area (Å²) in [5.74, 6) is 0.714. The lowest BCUT2D eigenvalue weighted by Crippen LogP contribution is -2.23. The molecular weight excluding hydrogens is 370 g/mol. The van der Waals surface area contributed by atoms with E-state index in [4.69, 9.17) is 9.72 Å². The van der Waals surface area contributed by atoms with Crippen molar-refractivity contribution < 1.29 is 9.53 Å². The lowest BCUT2D eigenvalue weighted by Gasteiger charge is -2.23. The summed E-state index contributed by atoms with van der Waals surface area (Å²) in [5, 5.41) is 5.68. The number of thiazole rings is 1. The molecule has 1 N–H and O–H groups in total. The van der Waals surface area contributed by atoms with Gasteiger partial charge in [0, 0.05) is 17.5 Å². The quantitative estimate of drug-likeness (QED) is 0.607. The molecule has 0 unspecified atom stereocenters. The predicted octanol–water partition coefficient (Wildman–Crippen LogP) is 4.62. The highest BCUT2D eigenvalue weighted by molar-refractivity contribution is 7.14. The molecule has 5 rings (SSSR count). The molecule has 2 aliphatic heterocycles. The molecule has 0 aliphatic carbocycles. The van der Waals surface area contributed by atoms with Crippen LogP contribution in [0.2, 0.25) is 0 Å². The summed E-state index contributed by atoms with van der Waals surface area (Å²) < 4.78 is 6.00. The lowest BCUT2D eigenvalue weighted by molar-refractivity contribution is 0.102. The Hall–Kier alpha value is -2.70. The van der Waals surface area contributed by atoms with Crippen LogP contribution in [0, 0.1) is 0 Å². The molecule has 2 aliphatic rings. The van der Waals surface area contributed by atoms with E-state index in [0.29, 0.717) is 23.3 Å². The largest absolute Gasteiger partial charge is 0.489 e. The molecule has 28 heavy (non-hydrogen) atoms. The van der Waals surface area contributed by atoms with Gasteiger partial charge in [0.2, 0.25) is 0 Å². The van der Waals surface area contributed by atoms with Gasteiger partial charge in [0.15, 0.2) is 5.13 Å². The molecule has 5 nitrogen and oxygen atoms in total. The van der Waals surface area contributed by atoms with E-state index >= 15 is 0 Å². The Bertz CT molecular complexity index is 1020. The van der Waals surface area contributed by atoms with E-state index < -0.39 is 0 Å². The third-order valence-electron chi connectivity index (χ3n) is 5.33. The van der Waals surface area contributed by atoms with Gasteiger partial charge in [-0.1, -0.05) is 24.3 Å². The zero-order chi connectivity index (χ0) is 18.9. The molecule has 142 valence electrons. The molecule has 3 aromatic rings. The summed E-state index contributed by atoms with van der Waals surface area (Å²) in [7, 11) is 0. The maximum Gasteiger partial charge on any atom is 0.257 e. The fraction of sp³-hybridized carbons (Fsp3) is 0.273. The van der Waals surface area contributed by atoms with Crippen LogP contribution in [0.15, 0.2) is 53.9 Å². The van der Waals surface area contributed by atoms with Crippen LogP contribution in [-0.4, -0.2) is 22.3 Å². The maximum atomic E-state index is 12.6. The molecule has 0 saturated carbocycles. The number of carbonyl (C=O) groups excluding carboxylic acids is 1. The second-order valence-electron chi connectivity index (χ2n) is 7.30. The zero-order valence-electron chi connectivity index (χ0n) is 15.4. The Morgan fingerprint density at radius 1 is 1.14 bits per heavy atom. The highest BCUT2D eigenvalue weighted by Crippen LogP contribution is 2.35. The minimum absolute atomic E-state index is 0.139. The average Bonchev–Trinajstić information content (AvgIpc) is 3.35. The first-order valence-corrected chi connectivity index (χ1v) is 10.4. The highest BCUT2D eigenvalue weighted by Gasteiger charge is 2.28. The van der Waals surface area contributed by atoms with Crippen molar-refractivity contribution >= 4 is 22.4 Å². The maximum absolute atomic E-state index is 12.6. The first-order valence-electron chi connectivity index (χ1n) is 9.56. The molecule has 0 spiro atoms. The van der Waals surface area contributed by atoms with Gasteiger partial charge in [-0.2, -0.15) is 0 Å². The third kappa shape index (κ3) is 3.53. The minimum atomic E-state index is -0.139. The van der Waals surface area contributed by atoms with E-state index in [-0.39, 0.29) is 5.91 Å². The molecule has 1 amide bonds. The molecule has 1 saturated heterocycles. The van der Waals surface area contributed by atoms with Crippen LogP contribution in [0.3, 0.4) is 0 Å². The number of anilines is 1. The van der Waals surface area contributed by atoms with Crippen molar-refractivity contribution in [2.75, 3.05) is 11.9 Å². The van der Waals surface area contributed by atoms with Gasteiger partial charge in [0.05, 0.1) is 11.7 Å². The van der Waals surface area contributed by atoms with E-state index in [1.165, 1.54) is 16.9 Å². The first-order chi connectivity index (χ1) is 13.7. The average molecular weight is 391 g/mol. The van der Waals surface area contributed by atoms with Crippen LogP contribution in [0.5, 0.6) is 5.75 Å². The summed E-state index contributed by atoms with van der Waals surface area (Å²) in [6.07, 6.45) is 2.25. The van der Waals surface area contributed by atoms with E-state index in [0.717, 1.165) is 42.9 Å². The van der Waals surface area contributed by atoms with Crippen molar-refractivity contribution in [2.45, 2.75) is 32.0 Å². The Kier molecular flexibility index (Phi) is 4.58. The van der Waals surface area contributed by atoms with Gasteiger partial charge in [-0.15, -0.1) is 11.3 Å². The molecule has 1 atom stereocenters. The number of nitrogens with zero attached hydrogens (tertiary/aromatic N) is 2. The zero-order valence-corrected chi connectivity index (χ0v) is 16.2. The van der Waals surface area contributed by atoms with E-state index in [9.17, 15) is 4.79 Å². The Morgan fingerprint density at radius 2 is 2.04 bits per heavy atom. The van der Waals surface area contributed by atoms with Crippen LogP contribution in [0.4, 0.5) is 5.13 Å². The number of nitrogens with one attached hydrogen (secondary N) is 1. The number of amides is 1. The number of ether oxygens (including phenoxy) is 1. The Balaban J connectivity index is 1.53. The van der Waals surface area contributed by atoms with Gasteiger partial charge in [0.25, 0.3) is 5.91 Å². The summed E-state index contributed by atoms with van der Waals surface area (Å²) >= 11 is 1.49. The van der Waals surface area contributed by atoms with E-state index in [1.807, 2.05) is 36.4 Å². The summed E-state index contributed by atoms with van der Waals surface area (Å²) in [6.45, 7) is 2.36. The lowest BCUT2D eigenvalue weighted by atomic mass is 10.1. The van der Waals surface area contributed by atoms with Crippen LogP contribution >= 0.6 is 11.3 Å². The third-order valence-corrected chi connectivity index (χ3v) is 6.10. The van der Waals surface area contributed by atoms with E-state index in [1.54, 1.807) is 0 Å². The van der Waals surface area contributed by atoms with Crippen molar-refractivity contribution in [3.63, 3.8) is 0 Å². The standard InChI is InChI=1S/C22H21N3O2S/c26-21-17-6-1-5-16(10-17)13-27-18-7-2-4-15(11-18)12-25-9-3-8-20(25)19-14-28-22(23-19)24-21/h1-2,4-7,10-11,14,20H,3,8-9,12-13H2,(H,23,24,26)/t20-/m0/s1. The van der Waals surface area contributed by atoms with Gasteiger partial charge >= 0.3 is 0 Å². The number of rotatable bonds is 0. The fourth-order valence-corrected chi connectivity index (χ4v) is 4.71. The molecular formula is C22H21N3O2S. The fourth-order valence-electron chi connectivity index (χ4n) is 3.95. The Labute approximate surface area is 168 Å². The number of hydrogen-bond acceptors (Lipinski definition) is 5. The van der Waals surface area contributed by atoms with Gasteiger partial charge < -0.3 is 4.74 Å². The van der Waals surface area contributed by atoms with Gasteiger partial charge in [0.1, 0.15) is 12.4 Å². The molecule has 0 radical (unpaired) electrons. The molecule has 6 bridgehead atoms. The molecule has 6 heteroatoms. The molecule has 3 heterocycles. The summed E-state index contributed by atoms with van der Waals surface area (Å²) in [6, 6.07) is 16.1. The van der Waals surface area contributed by atoms with Crippen molar-refractivity contribution in [3.8, 4) is 5.75 Å². The summed E-state index contributed by atoms with van der Waals surface area (Å²) in [4.78, 5) is 19.8. The minimum Gasteiger partial charge on any atom is -0.489 e. The van der Waals surface area contributed by atoms with Gasteiger partial charge in [-0.25, -0.2) is 4.98 Å². The van der Waals surface area contributed by atoms with Crippen LogP contribution in [0.25, 0.3) is 0 Å². The highest BCUT2D eigenvalue weighted by atomic mass is 32.1. The topological polar surface area (TPSA) is 54.5 Å². The predicted molar refractivity (Wildman–Crippen MR) is 110 cm³/mol. The summed E-state index contributed by atoms with van der Waals surface area (Å²) in [5.41, 5.74) is 3.87.